The van der Waals surface area contributed by atoms with E-state index in [1.165, 1.54) is 0 Å². The Hall–Kier alpha value is -0.920. The van der Waals surface area contributed by atoms with E-state index >= 15 is 0 Å². The fraction of sp³-hybridized carbons (Fsp3) is 0.667. The highest BCUT2D eigenvalue weighted by Crippen LogP contribution is 2.19. The molecule has 2 nitrogen and oxygen atoms in total. The molecule has 1 aliphatic carbocycles. The van der Waals surface area contributed by atoms with Crippen molar-refractivity contribution in [3.63, 3.8) is 0 Å². The van der Waals surface area contributed by atoms with Crippen LogP contribution in [0, 0.1) is 0 Å². The average Bonchev–Trinajstić information content (AvgIpc) is 2.34. The maximum absolute atomic E-state index is 4.33. The average molecular weight is 194 g/mol. The first-order valence-electron chi connectivity index (χ1n) is 5.67. The highest BCUT2D eigenvalue weighted by Gasteiger charge is 2.20. The van der Waals surface area contributed by atoms with Crippen molar-refractivity contribution in [2.24, 2.45) is 9.98 Å². The zero-order valence-electron chi connectivity index (χ0n) is 9.77. The second-order valence-corrected chi connectivity index (χ2v) is 2.67. The van der Waals surface area contributed by atoms with E-state index in [-0.39, 0.29) is 0 Å². The fourth-order valence-electron chi connectivity index (χ4n) is 1.40. The van der Waals surface area contributed by atoms with Gasteiger partial charge in [-0.25, -0.2) is 0 Å². The van der Waals surface area contributed by atoms with E-state index in [4.69, 9.17) is 0 Å². The van der Waals surface area contributed by atoms with Gasteiger partial charge in [-0.2, -0.15) is 0 Å². The normalized spacial score (nSPS) is 26.6. The Bertz CT molecular complexity index is 182. The van der Waals surface area contributed by atoms with Gasteiger partial charge < -0.3 is 0 Å². The van der Waals surface area contributed by atoms with Gasteiger partial charge in [-0.1, -0.05) is 39.8 Å². The van der Waals surface area contributed by atoms with Gasteiger partial charge in [0.05, 0.1) is 12.1 Å². The van der Waals surface area contributed by atoms with Gasteiger partial charge >= 0.3 is 0 Å². The summed E-state index contributed by atoms with van der Waals surface area (Å²) >= 11 is 0. The van der Waals surface area contributed by atoms with Crippen LogP contribution in [0.4, 0.5) is 0 Å². The Kier molecular flexibility index (Phi) is 8.10. The molecule has 2 rings (SSSR count). The van der Waals surface area contributed by atoms with Crippen LogP contribution >= 0.6 is 0 Å². The lowest BCUT2D eigenvalue weighted by Gasteiger charge is -2.23. The Balaban J connectivity index is 0.000000379. The molecule has 0 amide bonds. The second kappa shape index (κ2) is 8.67. The summed E-state index contributed by atoms with van der Waals surface area (Å²) in [7, 11) is 0. The summed E-state index contributed by atoms with van der Waals surface area (Å²) < 4.78 is 0. The van der Waals surface area contributed by atoms with Crippen LogP contribution in [-0.4, -0.2) is 24.5 Å². The van der Waals surface area contributed by atoms with Crippen molar-refractivity contribution in [1.29, 1.82) is 0 Å². The van der Waals surface area contributed by atoms with Gasteiger partial charge in [0.15, 0.2) is 0 Å². The predicted molar refractivity (Wildman–Crippen MR) is 65.6 cm³/mol. The summed E-state index contributed by atoms with van der Waals surface area (Å²) in [4.78, 5) is 8.65. The summed E-state index contributed by atoms with van der Waals surface area (Å²) in [6.07, 6.45) is 10.1. The molecule has 0 saturated heterocycles. The molecular formula is C12H22N2. The molecule has 0 saturated carbocycles. The van der Waals surface area contributed by atoms with Crippen molar-refractivity contribution in [2.45, 2.75) is 52.6 Å². The molecule has 0 N–H and O–H groups in total. The highest BCUT2D eigenvalue weighted by atomic mass is 14.9. The van der Waals surface area contributed by atoms with Gasteiger partial charge in [0.1, 0.15) is 0 Å². The first kappa shape index (κ1) is 13.1. The summed E-state index contributed by atoms with van der Waals surface area (Å²) in [5.74, 6) is 0. The van der Waals surface area contributed by atoms with Crippen molar-refractivity contribution in [2.75, 3.05) is 0 Å². The number of nitrogens with zero attached hydrogens (tertiary/aromatic N) is 2. The molecule has 2 unspecified atom stereocenters. The molecule has 0 spiro atoms. The lowest BCUT2D eigenvalue weighted by molar-refractivity contribution is 0.520. The van der Waals surface area contributed by atoms with Gasteiger partial charge in [0, 0.05) is 12.4 Å². The number of fused-ring (bicyclic) bond motifs is 1. The highest BCUT2D eigenvalue weighted by molar-refractivity contribution is 6.16. The van der Waals surface area contributed by atoms with Crippen LogP contribution in [0.15, 0.2) is 22.1 Å². The zero-order chi connectivity index (χ0) is 10.8. The van der Waals surface area contributed by atoms with Gasteiger partial charge in [0.25, 0.3) is 0 Å². The molecule has 2 heteroatoms. The molecule has 80 valence electrons. The molecule has 14 heavy (non-hydrogen) atoms. The first-order chi connectivity index (χ1) is 6.97. The topological polar surface area (TPSA) is 24.7 Å². The van der Waals surface area contributed by atoms with E-state index in [1.807, 2.05) is 27.7 Å². The third-order valence-corrected chi connectivity index (χ3v) is 1.99. The van der Waals surface area contributed by atoms with Gasteiger partial charge in [-0.3, -0.25) is 9.98 Å². The number of aliphatic imine (C=N–C) groups is 2. The molecule has 0 aromatic heterocycles. The maximum atomic E-state index is 4.33. The molecular weight excluding hydrogens is 172 g/mol. The Labute approximate surface area is 87.9 Å². The van der Waals surface area contributed by atoms with E-state index in [2.05, 4.69) is 22.1 Å². The Morgan fingerprint density at radius 1 is 0.786 bits per heavy atom. The second-order valence-electron chi connectivity index (χ2n) is 2.67. The molecule has 2 aliphatic rings. The standard InChI is InChI=1S/C8H10N2.2C2H6/c1-2-4-8-7(3-1)9-5-6-10-8;2*1-2/h1-2,5-8H,3-4H2;2*1-2H3. The third-order valence-electron chi connectivity index (χ3n) is 1.99. The van der Waals surface area contributed by atoms with Gasteiger partial charge in [-0.15, -0.1) is 0 Å². The van der Waals surface area contributed by atoms with Crippen molar-refractivity contribution >= 4 is 12.4 Å². The molecule has 1 aliphatic heterocycles. The lowest BCUT2D eigenvalue weighted by Crippen LogP contribution is -2.27. The van der Waals surface area contributed by atoms with Gasteiger partial charge in [-0.05, 0) is 12.8 Å². The van der Waals surface area contributed by atoms with Crippen LogP contribution in [0.2, 0.25) is 0 Å². The minimum atomic E-state index is 0.440. The number of hydrogen-bond donors (Lipinski definition) is 0. The molecule has 1 heterocycles. The summed E-state index contributed by atoms with van der Waals surface area (Å²) in [5.41, 5.74) is 0. The predicted octanol–water partition coefficient (Wildman–Crippen LogP) is 3.28. The third kappa shape index (κ3) is 3.86. The van der Waals surface area contributed by atoms with Crippen LogP contribution in [0.3, 0.4) is 0 Å². The van der Waals surface area contributed by atoms with Crippen molar-refractivity contribution < 1.29 is 0 Å². The molecule has 0 radical (unpaired) electrons. The summed E-state index contributed by atoms with van der Waals surface area (Å²) in [6.45, 7) is 8.00. The van der Waals surface area contributed by atoms with Gasteiger partial charge in [0.2, 0.25) is 0 Å². The summed E-state index contributed by atoms with van der Waals surface area (Å²) in [5, 5.41) is 0. The maximum Gasteiger partial charge on any atom is 0.0760 e. The van der Waals surface area contributed by atoms with Crippen molar-refractivity contribution in [1.82, 2.24) is 0 Å². The van der Waals surface area contributed by atoms with E-state index in [0.29, 0.717) is 12.1 Å². The molecule has 2 atom stereocenters. The minimum absolute atomic E-state index is 0.440. The Morgan fingerprint density at radius 2 is 1.14 bits per heavy atom. The first-order valence-corrected chi connectivity index (χ1v) is 5.67. The molecule has 0 aromatic carbocycles. The van der Waals surface area contributed by atoms with E-state index in [1.54, 1.807) is 12.4 Å². The van der Waals surface area contributed by atoms with Crippen LogP contribution in [0.5, 0.6) is 0 Å². The number of hydrogen-bond acceptors (Lipinski definition) is 2. The SMILES string of the molecule is C1=CCC2N=CC=NC2C1.CC.CC. The van der Waals surface area contributed by atoms with E-state index in [0.717, 1.165) is 12.8 Å². The van der Waals surface area contributed by atoms with Crippen LogP contribution in [0.25, 0.3) is 0 Å². The van der Waals surface area contributed by atoms with Crippen molar-refractivity contribution in [3.05, 3.63) is 12.2 Å². The molecule has 0 fully saturated rings. The van der Waals surface area contributed by atoms with E-state index in [9.17, 15) is 0 Å². The largest absolute Gasteiger partial charge is 0.286 e. The Morgan fingerprint density at radius 3 is 1.50 bits per heavy atom. The van der Waals surface area contributed by atoms with Crippen LogP contribution in [-0.2, 0) is 0 Å². The molecule has 0 aromatic rings. The number of rotatable bonds is 0. The fourth-order valence-corrected chi connectivity index (χ4v) is 1.40. The monoisotopic (exact) mass is 194 g/mol. The van der Waals surface area contributed by atoms with E-state index < -0.39 is 0 Å². The smallest absolute Gasteiger partial charge is 0.0760 e. The van der Waals surface area contributed by atoms with Crippen LogP contribution in [0.1, 0.15) is 40.5 Å². The molecule has 0 bridgehead atoms. The minimum Gasteiger partial charge on any atom is -0.286 e. The lowest BCUT2D eigenvalue weighted by atomic mass is 9.96. The quantitative estimate of drug-likeness (QED) is 0.529. The van der Waals surface area contributed by atoms with Crippen LogP contribution < -0.4 is 0 Å². The zero-order valence-corrected chi connectivity index (χ0v) is 9.77. The van der Waals surface area contributed by atoms with Crippen molar-refractivity contribution in [3.8, 4) is 0 Å². The summed E-state index contributed by atoms with van der Waals surface area (Å²) in [6, 6.07) is 0.880.